The predicted octanol–water partition coefficient (Wildman–Crippen LogP) is 5.64. The third-order valence-electron chi connectivity index (χ3n) is 6.69. The summed E-state index contributed by atoms with van der Waals surface area (Å²) in [7, 11) is 0. The highest BCUT2D eigenvalue weighted by Gasteiger charge is 2.31. The standard InChI is InChI=1S/C20H33N3O2.C8H8Cl2O.CH4N2/c1-20(2,3)17-8-10-18(11-9-17)23(14-24)12-15-4-6-16(7-5-15)19(25)22-13-21;1-2-11-6-3-4-7(9)8(10)5-6;1-3-2/h4-7,17-18,24H,8-14,21H2,1-3H3,(H,22,25);3-5H,2H2,1H3;1-2H2. The van der Waals surface area contributed by atoms with Crippen LogP contribution in [0.3, 0.4) is 0 Å². The molecule has 0 radical (unpaired) electrons. The van der Waals surface area contributed by atoms with Crippen LogP contribution in [0, 0.1) is 11.3 Å². The number of benzene rings is 2. The molecule has 6 N–H and O–H groups in total. The van der Waals surface area contributed by atoms with Gasteiger partial charge in [0.25, 0.3) is 5.91 Å². The van der Waals surface area contributed by atoms with Gasteiger partial charge in [-0.05, 0) is 73.8 Å². The summed E-state index contributed by atoms with van der Waals surface area (Å²) in [5.74, 6) is 5.72. The Kier molecular flexibility index (Phi) is 16.1. The minimum atomic E-state index is -0.159. The number of hydrogen-bond acceptors (Lipinski definition) is 7. The van der Waals surface area contributed by atoms with E-state index in [0.717, 1.165) is 30.1 Å². The largest absolute Gasteiger partial charge is 0.494 e. The maximum Gasteiger partial charge on any atom is 0.252 e. The molecule has 0 atom stereocenters. The maximum atomic E-state index is 11.8. The van der Waals surface area contributed by atoms with Crippen molar-refractivity contribution in [2.75, 3.05) is 20.0 Å². The second-order valence-corrected chi connectivity index (χ2v) is 11.2. The molecule has 0 heterocycles. The van der Waals surface area contributed by atoms with Crippen molar-refractivity contribution in [1.82, 2.24) is 10.2 Å². The van der Waals surface area contributed by atoms with E-state index >= 15 is 0 Å². The van der Waals surface area contributed by atoms with Crippen LogP contribution in [0.5, 0.6) is 5.75 Å². The first-order valence-corrected chi connectivity index (χ1v) is 13.9. The third kappa shape index (κ3) is 12.6. The van der Waals surface area contributed by atoms with Gasteiger partial charge in [0.15, 0.2) is 0 Å². The van der Waals surface area contributed by atoms with Gasteiger partial charge in [0.1, 0.15) is 5.75 Å². The first-order valence-electron chi connectivity index (χ1n) is 13.2. The molecule has 8 nitrogen and oxygen atoms in total. The summed E-state index contributed by atoms with van der Waals surface area (Å²) in [4.78, 5) is 13.9. The van der Waals surface area contributed by atoms with Crippen molar-refractivity contribution in [1.29, 1.82) is 0 Å². The summed E-state index contributed by atoms with van der Waals surface area (Å²) in [5, 5.41) is 16.2. The van der Waals surface area contributed by atoms with Gasteiger partial charge in [-0.25, -0.2) is 0 Å². The second kappa shape index (κ2) is 18.1. The van der Waals surface area contributed by atoms with Crippen LogP contribution in [-0.2, 0) is 6.54 Å². The van der Waals surface area contributed by atoms with Gasteiger partial charge in [-0.15, -0.1) is 0 Å². The molecule has 0 aliphatic heterocycles. The number of carbonyl (C=O) groups excluding carboxylic acids is 1. The van der Waals surface area contributed by atoms with Crippen molar-refractivity contribution in [2.45, 2.75) is 66.0 Å². The maximum absolute atomic E-state index is 11.8. The number of halogens is 2. The van der Waals surface area contributed by atoms with Crippen molar-refractivity contribution in [3.05, 3.63) is 63.6 Å². The van der Waals surface area contributed by atoms with Crippen LogP contribution < -0.4 is 21.6 Å². The quantitative estimate of drug-likeness (QED) is 0.138. The molecular weight excluding hydrogens is 537 g/mol. The molecule has 0 unspecified atom stereocenters. The van der Waals surface area contributed by atoms with E-state index in [1.807, 2.05) is 31.2 Å². The van der Waals surface area contributed by atoms with Gasteiger partial charge in [-0.2, -0.15) is 5.10 Å². The molecule has 1 fully saturated rings. The van der Waals surface area contributed by atoms with Crippen molar-refractivity contribution in [3.63, 3.8) is 0 Å². The highest BCUT2D eigenvalue weighted by molar-refractivity contribution is 6.42. The molecule has 1 amide bonds. The van der Waals surface area contributed by atoms with E-state index in [1.54, 1.807) is 18.2 Å². The molecule has 2 aromatic rings. The van der Waals surface area contributed by atoms with Crippen LogP contribution in [0.15, 0.2) is 47.6 Å². The lowest BCUT2D eigenvalue weighted by Crippen LogP contribution is -2.40. The number of ether oxygens (including phenoxy) is 1. The number of hydrogen-bond donors (Lipinski definition) is 4. The Morgan fingerprint density at radius 2 is 1.72 bits per heavy atom. The Bertz CT molecular complexity index is 991. The molecule has 0 spiro atoms. The van der Waals surface area contributed by atoms with Crippen molar-refractivity contribution < 1.29 is 14.6 Å². The number of nitrogens with zero attached hydrogens (tertiary/aromatic N) is 2. The Balaban J connectivity index is 0.000000450. The SMILES string of the molecule is C=NN.CC(C)(C)C1CCC(N(CO)Cc2ccc(C(=O)NCN)cc2)CC1.CCOc1ccc(Cl)c(Cl)c1. The summed E-state index contributed by atoms with van der Waals surface area (Å²) >= 11 is 11.4. The fourth-order valence-corrected chi connectivity index (χ4v) is 4.81. The van der Waals surface area contributed by atoms with E-state index in [2.05, 4.69) is 48.6 Å². The summed E-state index contributed by atoms with van der Waals surface area (Å²) in [6, 6.07) is 13.2. The average Bonchev–Trinajstić information content (AvgIpc) is 2.90. The summed E-state index contributed by atoms with van der Waals surface area (Å²) < 4.78 is 5.20. The van der Waals surface area contributed by atoms with Crippen LogP contribution in [0.25, 0.3) is 0 Å². The summed E-state index contributed by atoms with van der Waals surface area (Å²) in [6.45, 7) is 13.3. The van der Waals surface area contributed by atoms with E-state index in [-0.39, 0.29) is 19.3 Å². The minimum absolute atomic E-state index is 0.0697. The first-order chi connectivity index (χ1) is 18.5. The van der Waals surface area contributed by atoms with Crippen LogP contribution in [0.2, 0.25) is 10.0 Å². The van der Waals surface area contributed by atoms with E-state index in [9.17, 15) is 9.90 Å². The fourth-order valence-electron chi connectivity index (χ4n) is 4.53. The Hall–Kier alpha value is -2.36. The zero-order chi connectivity index (χ0) is 29.4. The predicted molar refractivity (Wildman–Crippen MR) is 162 cm³/mol. The van der Waals surface area contributed by atoms with Gasteiger partial charge in [0.05, 0.1) is 30.1 Å². The number of amides is 1. The van der Waals surface area contributed by atoms with E-state index in [1.165, 1.54) is 12.8 Å². The number of aliphatic hydroxyl groups excluding tert-OH is 1. The second-order valence-electron chi connectivity index (χ2n) is 10.4. The average molecular weight is 583 g/mol. The fraction of sp³-hybridized carbons (Fsp3) is 0.517. The molecule has 0 saturated heterocycles. The van der Waals surface area contributed by atoms with E-state index < -0.39 is 0 Å². The lowest BCUT2D eigenvalue weighted by atomic mass is 9.71. The van der Waals surface area contributed by atoms with Gasteiger partial charge < -0.3 is 26.7 Å². The lowest BCUT2D eigenvalue weighted by Gasteiger charge is -2.40. The molecule has 1 aliphatic carbocycles. The Labute approximate surface area is 243 Å². The number of aliphatic hydroxyl groups is 1. The summed E-state index contributed by atoms with van der Waals surface area (Å²) in [6.07, 6.45) is 4.73. The normalized spacial score (nSPS) is 16.7. The molecule has 1 saturated carbocycles. The van der Waals surface area contributed by atoms with Crippen molar-refractivity contribution >= 4 is 35.8 Å². The van der Waals surface area contributed by atoms with Gasteiger partial charge in [0, 0.05) is 30.9 Å². The monoisotopic (exact) mass is 581 g/mol. The van der Waals surface area contributed by atoms with Gasteiger partial charge in [-0.1, -0.05) is 56.1 Å². The molecule has 0 aromatic heterocycles. The number of nitrogens with two attached hydrogens (primary N) is 2. The number of hydrazone groups is 1. The Morgan fingerprint density at radius 1 is 1.13 bits per heavy atom. The molecule has 1 aliphatic rings. The highest BCUT2D eigenvalue weighted by atomic mass is 35.5. The molecule has 218 valence electrons. The van der Waals surface area contributed by atoms with Crippen LogP contribution in [0.1, 0.15) is 69.3 Å². The third-order valence-corrected chi connectivity index (χ3v) is 7.43. The van der Waals surface area contributed by atoms with Gasteiger partial charge in [-0.3, -0.25) is 9.69 Å². The van der Waals surface area contributed by atoms with E-state index in [4.69, 9.17) is 33.7 Å². The number of rotatable bonds is 8. The lowest BCUT2D eigenvalue weighted by molar-refractivity contribution is 0.0258. The van der Waals surface area contributed by atoms with E-state index in [0.29, 0.717) is 40.2 Å². The number of carbonyl (C=O) groups is 1. The minimum Gasteiger partial charge on any atom is -0.494 e. The van der Waals surface area contributed by atoms with Crippen LogP contribution in [-0.4, -0.2) is 48.7 Å². The van der Waals surface area contributed by atoms with Gasteiger partial charge >= 0.3 is 0 Å². The van der Waals surface area contributed by atoms with Crippen molar-refractivity contribution in [3.8, 4) is 5.75 Å². The zero-order valence-corrected chi connectivity index (χ0v) is 25.1. The smallest absolute Gasteiger partial charge is 0.252 e. The molecule has 2 aromatic carbocycles. The van der Waals surface area contributed by atoms with Crippen LogP contribution >= 0.6 is 23.2 Å². The van der Waals surface area contributed by atoms with Crippen LogP contribution in [0.4, 0.5) is 0 Å². The summed E-state index contributed by atoms with van der Waals surface area (Å²) in [5.41, 5.74) is 7.42. The molecular formula is C29H45Cl2N5O3. The van der Waals surface area contributed by atoms with Crippen molar-refractivity contribution in [2.24, 2.45) is 28.0 Å². The number of nitrogens with one attached hydrogen (secondary N) is 1. The topological polar surface area (TPSA) is 126 Å². The highest BCUT2D eigenvalue weighted by Crippen LogP contribution is 2.39. The van der Waals surface area contributed by atoms with Gasteiger partial charge in [0.2, 0.25) is 0 Å². The first kappa shape index (κ1) is 34.7. The molecule has 3 rings (SSSR count). The molecule has 0 bridgehead atoms. The molecule has 39 heavy (non-hydrogen) atoms. The zero-order valence-electron chi connectivity index (χ0n) is 23.6. The Morgan fingerprint density at radius 3 is 2.18 bits per heavy atom. The molecule has 10 heteroatoms.